The molecule has 0 N–H and O–H groups in total. The van der Waals surface area contributed by atoms with Crippen molar-refractivity contribution in [3.05, 3.63) is 42.0 Å². The molecule has 0 spiro atoms. The van der Waals surface area contributed by atoms with Gasteiger partial charge in [0.25, 0.3) is 0 Å². The predicted octanol–water partition coefficient (Wildman–Crippen LogP) is 3.16. The van der Waals surface area contributed by atoms with E-state index in [2.05, 4.69) is 56.8 Å². The molecule has 3 nitrogen and oxygen atoms in total. The van der Waals surface area contributed by atoms with Crippen molar-refractivity contribution in [2.45, 2.75) is 26.3 Å². The maximum absolute atomic E-state index is 4.57. The lowest BCUT2D eigenvalue weighted by Crippen LogP contribution is -2.39. The van der Waals surface area contributed by atoms with Crippen LogP contribution in [0.5, 0.6) is 0 Å². The Balaban J connectivity index is 2.28. The summed E-state index contributed by atoms with van der Waals surface area (Å²) < 4.78 is 2.00. The maximum atomic E-state index is 4.57. The van der Waals surface area contributed by atoms with Gasteiger partial charge in [-0.1, -0.05) is 24.3 Å². The van der Waals surface area contributed by atoms with Crippen LogP contribution in [0.3, 0.4) is 0 Å². The van der Waals surface area contributed by atoms with Crippen molar-refractivity contribution in [3.8, 4) is 0 Å². The molecule has 3 heteroatoms. The third-order valence-electron chi connectivity index (χ3n) is 3.67. The van der Waals surface area contributed by atoms with Crippen LogP contribution >= 0.6 is 0 Å². The summed E-state index contributed by atoms with van der Waals surface area (Å²) in [4.78, 5) is 0. The molecule has 1 aliphatic heterocycles. The first-order valence-corrected chi connectivity index (χ1v) is 5.89. The van der Waals surface area contributed by atoms with Gasteiger partial charge in [0, 0.05) is 0 Å². The number of rotatable bonds is 2. The van der Waals surface area contributed by atoms with E-state index in [1.54, 1.807) is 0 Å². The molecule has 1 aromatic rings. The largest absolute Gasteiger partial charge is 0.184 e. The van der Waals surface area contributed by atoms with Gasteiger partial charge in [-0.25, -0.2) is 0 Å². The summed E-state index contributed by atoms with van der Waals surface area (Å²) in [7, 11) is 2.00. The van der Waals surface area contributed by atoms with Gasteiger partial charge in [0.05, 0.1) is 12.3 Å². The van der Waals surface area contributed by atoms with Gasteiger partial charge in [0.1, 0.15) is 5.69 Å². The molecule has 1 aliphatic rings. The summed E-state index contributed by atoms with van der Waals surface area (Å²) in [5.41, 5.74) is 3.46. The van der Waals surface area contributed by atoms with Crippen LogP contribution in [0, 0.1) is 6.92 Å². The quantitative estimate of drug-likeness (QED) is 0.564. The van der Waals surface area contributed by atoms with Crippen molar-refractivity contribution >= 4 is 5.69 Å². The molecule has 0 bridgehead atoms. The predicted molar refractivity (Wildman–Crippen MR) is 70.4 cm³/mol. The summed E-state index contributed by atoms with van der Waals surface area (Å²) in [6.45, 7) is 11.2. The van der Waals surface area contributed by atoms with Gasteiger partial charge >= 0.3 is 0 Å². The summed E-state index contributed by atoms with van der Waals surface area (Å²) >= 11 is 0. The van der Waals surface area contributed by atoms with Gasteiger partial charge in [0.15, 0.2) is 12.1 Å². The van der Waals surface area contributed by atoms with Crippen LogP contribution in [0.2, 0.25) is 0 Å². The number of hydrogen-bond acceptors (Lipinski definition) is 2. The van der Waals surface area contributed by atoms with Gasteiger partial charge < -0.3 is 0 Å². The molecule has 90 valence electrons. The molecule has 0 aromatic heterocycles. The topological polar surface area (TPSA) is 18.6 Å². The molecular formula is C14H20N3+. The van der Waals surface area contributed by atoms with Crippen molar-refractivity contribution in [1.82, 2.24) is 0 Å². The van der Waals surface area contributed by atoms with Gasteiger partial charge in [0.2, 0.25) is 0 Å². The Morgan fingerprint density at radius 2 is 2.00 bits per heavy atom. The second-order valence-electron chi connectivity index (χ2n) is 5.06. The molecule has 0 saturated carbocycles. The number of benzene rings is 1. The van der Waals surface area contributed by atoms with E-state index in [0.29, 0.717) is 0 Å². The first kappa shape index (κ1) is 11.8. The maximum Gasteiger partial charge on any atom is 0.184 e. The Kier molecular flexibility index (Phi) is 2.77. The Morgan fingerprint density at radius 3 is 2.47 bits per heavy atom. The van der Waals surface area contributed by atoms with Crippen LogP contribution in [-0.2, 0) is 0 Å². The summed E-state index contributed by atoms with van der Waals surface area (Å²) in [6.07, 6.45) is 0. The number of likely N-dealkylation sites (N-methyl/N-ethyl adjacent to an activating group) is 1. The Labute approximate surface area is 103 Å². The zero-order valence-corrected chi connectivity index (χ0v) is 11.1. The molecule has 0 radical (unpaired) electrons. The SMILES string of the molecule is C=C(C)[C@]1(C)CN(c2ccc(C)cc2)N=[N+]1C. The molecule has 0 amide bonds. The van der Waals surface area contributed by atoms with Gasteiger partial charge in [-0.05, 0) is 38.5 Å². The van der Waals surface area contributed by atoms with E-state index in [1.807, 2.05) is 16.8 Å². The fourth-order valence-corrected chi connectivity index (χ4v) is 1.96. The highest BCUT2D eigenvalue weighted by molar-refractivity contribution is 5.47. The number of hydrogen-bond donors (Lipinski definition) is 0. The molecule has 0 unspecified atom stereocenters. The molecular weight excluding hydrogens is 210 g/mol. The highest BCUT2D eigenvalue weighted by Gasteiger charge is 2.44. The average molecular weight is 230 g/mol. The Morgan fingerprint density at radius 1 is 1.41 bits per heavy atom. The Hall–Kier alpha value is -1.64. The molecule has 2 rings (SSSR count). The van der Waals surface area contributed by atoms with Crippen LogP contribution in [0.25, 0.3) is 0 Å². The van der Waals surface area contributed by atoms with Gasteiger partial charge in [-0.2, -0.15) is 4.70 Å². The van der Waals surface area contributed by atoms with E-state index in [4.69, 9.17) is 0 Å². The molecule has 0 aliphatic carbocycles. The second-order valence-corrected chi connectivity index (χ2v) is 5.06. The van der Waals surface area contributed by atoms with E-state index in [9.17, 15) is 0 Å². The first-order valence-electron chi connectivity index (χ1n) is 5.89. The van der Waals surface area contributed by atoms with E-state index in [0.717, 1.165) is 17.8 Å². The van der Waals surface area contributed by atoms with Crippen LogP contribution in [0.1, 0.15) is 19.4 Å². The lowest BCUT2D eigenvalue weighted by molar-refractivity contribution is -0.613. The van der Waals surface area contributed by atoms with Crippen molar-refractivity contribution in [2.24, 2.45) is 5.22 Å². The minimum Gasteiger partial charge on any atom is -0.158 e. The van der Waals surface area contributed by atoms with Crippen molar-refractivity contribution in [3.63, 3.8) is 0 Å². The summed E-state index contributed by atoms with van der Waals surface area (Å²) in [6, 6.07) is 8.44. The minimum absolute atomic E-state index is 0.0785. The van der Waals surface area contributed by atoms with Crippen LogP contribution in [0.4, 0.5) is 5.69 Å². The van der Waals surface area contributed by atoms with Gasteiger partial charge in [-0.3, -0.25) is 0 Å². The molecule has 0 saturated heterocycles. The van der Waals surface area contributed by atoms with Gasteiger partial charge in [-0.15, -0.1) is 5.01 Å². The smallest absolute Gasteiger partial charge is 0.158 e. The van der Waals surface area contributed by atoms with E-state index < -0.39 is 0 Å². The lowest BCUT2D eigenvalue weighted by Gasteiger charge is -2.19. The van der Waals surface area contributed by atoms with Crippen LogP contribution in [-0.4, -0.2) is 23.8 Å². The highest BCUT2D eigenvalue weighted by Crippen LogP contribution is 2.29. The summed E-state index contributed by atoms with van der Waals surface area (Å²) in [5.74, 6) is 0. The van der Waals surface area contributed by atoms with E-state index in [1.165, 1.54) is 5.56 Å². The molecule has 1 atom stereocenters. The van der Waals surface area contributed by atoms with Crippen LogP contribution in [0.15, 0.2) is 41.6 Å². The number of nitrogens with zero attached hydrogens (tertiary/aromatic N) is 3. The molecule has 17 heavy (non-hydrogen) atoms. The van der Waals surface area contributed by atoms with Crippen molar-refractivity contribution < 1.29 is 4.70 Å². The third kappa shape index (κ3) is 1.97. The summed E-state index contributed by atoms with van der Waals surface area (Å²) in [5, 5.41) is 6.60. The number of anilines is 1. The first-order chi connectivity index (χ1) is 7.93. The van der Waals surface area contributed by atoms with E-state index in [-0.39, 0.29) is 5.54 Å². The fraction of sp³-hybridized carbons (Fsp3) is 0.429. The lowest BCUT2D eigenvalue weighted by atomic mass is 9.94. The zero-order valence-electron chi connectivity index (χ0n) is 11.1. The number of aryl methyl sites for hydroxylation is 1. The zero-order chi connectivity index (χ0) is 12.6. The normalized spacial score (nSPS) is 23.8. The molecule has 1 aromatic carbocycles. The monoisotopic (exact) mass is 230 g/mol. The Bertz CT molecular complexity index is 473. The third-order valence-corrected chi connectivity index (χ3v) is 3.67. The highest BCUT2D eigenvalue weighted by atomic mass is 15.6. The average Bonchev–Trinajstić information content (AvgIpc) is 2.58. The van der Waals surface area contributed by atoms with Crippen molar-refractivity contribution in [1.29, 1.82) is 0 Å². The fourth-order valence-electron chi connectivity index (χ4n) is 1.96. The molecule has 0 fully saturated rings. The minimum atomic E-state index is -0.0785. The van der Waals surface area contributed by atoms with Crippen molar-refractivity contribution in [2.75, 3.05) is 18.6 Å². The second kappa shape index (κ2) is 3.99. The van der Waals surface area contributed by atoms with E-state index >= 15 is 0 Å². The standard InChI is InChI=1S/C14H20N3/c1-11(2)14(4)10-17(15-16(14)5)13-8-6-12(3)7-9-13/h6-9H,1,10H2,2-5H3/q+1/t14-/m0/s1. The van der Waals surface area contributed by atoms with Crippen LogP contribution < -0.4 is 5.01 Å². The molecule has 1 heterocycles.